The zero-order valence-electron chi connectivity index (χ0n) is 15.3. The van der Waals surface area contributed by atoms with Crippen molar-refractivity contribution in [3.05, 3.63) is 41.4 Å². The number of amides is 1. The highest BCUT2D eigenvalue weighted by Crippen LogP contribution is 2.32. The summed E-state index contributed by atoms with van der Waals surface area (Å²) in [7, 11) is 1.55. The third-order valence-corrected chi connectivity index (χ3v) is 4.72. The molecule has 1 atom stereocenters. The van der Waals surface area contributed by atoms with Crippen LogP contribution in [0, 0.1) is 12.8 Å². The predicted molar refractivity (Wildman–Crippen MR) is 89.8 cm³/mol. The van der Waals surface area contributed by atoms with Gasteiger partial charge in [0.05, 0.1) is 13.2 Å². The maximum absolute atomic E-state index is 13.0. The average Bonchev–Trinajstić information content (AvgIpc) is 3.22. The van der Waals surface area contributed by atoms with Crippen LogP contribution < -0.4 is 0 Å². The fraction of sp³-hybridized carbons (Fsp3) is 0.556. The van der Waals surface area contributed by atoms with Crippen LogP contribution in [0.5, 0.6) is 0 Å². The molecule has 0 saturated heterocycles. The summed E-state index contributed by atoms with van der Waals surface area (Å²) in [5.74, 6) is 0.0264. The Labute approximate surface area is 154 Å². The minimum atomic E-state index is -4.49. The minimum Gasteiger partial charge on any atom is -0.464 e. The standard InChI is InChI=1S/C18H22F3N3O3/c1-12-3-4-15(27-12)11-23(7-8-26-2)16(25)13-5-6-24-14(9-13)10-22-17(24)18(19,20)21/h3-4,10,13H,5-9,11H2,1-2H3. The van der Waals surface area contributed by atoms with Crippen molar-refractivity contribution in [3.63, 3.8) is 0 Å². The molecule has 0 fully saturated rings. The average molecular weight is 385 g/mol. The molecule has 2 aromatic heterocycles. The summed E-state index contributed by atoms with van der Waals surface area (Å²) in [6.45, 7) is 3.01. The molecule has 0 saturated carbocycles. The Kier molecular flexibility index (Phi) is 5.59. The highest BCUT2D eigenvalue weighted by Gasteiger charge is 2.39. The molecule has 27 heavy (non-hydrogen) atoms. The van der Waals surface area contributed by atoms with Crippen LogP contribution >= 0.6 is 0 Å². The van der Waals surface area contributed by atoms with E-state index >= 15 is 0 Å². The van der Waals surface area contributed by atoms with E-state index in [2.05, 4.69) is 4.98 Å². The van der Waals surface area contributed by atoms with Gasteiger partial charge in [0.1, 0.15) is 11.5 Å². The van der Waals surface area contributed by atoms with Crippen LogP contribution in [-0.2, 0) is 35.2 Å². The second-order valence-electron chi connectivity index (χ2n) is 6.68. The minimum absolute atomic E-state index is 0.109. The molecular weight excluding hydrogens is 363 g/mol. The second kappa shape index (κ2) is 7.75. The van der Waals surface area contributed by atoms with E-state index in [4.69, 9.17) is 9.15 Å². The largest absolute Gasteiger partial charge is 0.464 e. The first kappa shape index (κ1) is 19.5. The number of carbonyl (C=O) groups is 1. The van der Waals surface area contributed by atoms with Gasteiger partial charge in [0.25, 0.3) is 0 Å². The molecule has 1 aliphatic rings. The fourth-order valence-corrected chi connectivity index (χ4v) is 3.38. The molecule has 148 valence electrons. The lowest BCUT2D eigenvalue weighted by Crippen LogP contribution is -2.40. The van der Waals surface area contributed by atoms with E-state index in [-0.39, 0.29) is 24.8 Å². The Morgan fingerprint density at radius 1 is 1.44 bits per heavy atom. The zero-order chi connectivity index (χ0) is 19.6. The summed E-state index contributed by atoms with van der Waals surface area (Å²) >= 11 is 0. The number of nitrogens with zero attached hydrogens (tertiary/aromatic N) is 3. The Hall–Kier alpha value is -2.29. The molecule has 3 heterocycles. The van der Waals surface area contributed by atoms with Gasteiger partial charge < -0.3 is 18.6 Å². The van der Waals surface area contributed by atoms with Crippen molar-refractivity contribution < 1.29 is 27.1 Å². The van der Waals surface area contributed by atoms with E-state index in [0.29, 0.717) is 37.6 Å². The smallest absolute Gasteiger partial charge is 0.449 e. The van der Waals surface area contributed by atoms with Gasteiger partial charge in [0.15, 0.2) is 0 Å². The Balaban J connectivity index is 1.73. The van der Waals surface area contributed by atoms with Gasteiger partial charge in [-0.25, -0.2) is 4.98 Å². The van der Waals surface area contributed by atoms with Crippen molar-refractivity contribution in [2.45, 2.75) is 39.0 Å². The van der Waals surface area contributed by atoms with Crippen LogP contribution in [0.4, 0.5) is 13.2 Å². The second-order valence-corrected chi connectivity index (χ2v) is 6.68. The van der Waals surface area contributed by atoms with Gasteiger partial charge >= 0.3 is 6.18 Å². The monoisotopic (exact) mass is 385 g/mol. The Bertz CT molecular complexity index is 797. The topological polar surface area (TPSA) is 60.5 Å². The predicted octanol–water partition coefficient (Wildman–Crippen LogP) is 3.04. The van der Waals surface area contributed by atoms with E-state index in [1.54, 1.807) is 12.0 Å². The first-order valence-corrected chi connectivity index (χ1v) is 8.74. The van der Waals surface area contributed by atoms with E-state index in [1.165, 1.54) is 10.8 Å². The Morgan fingerprint density at radius 3 is 2.85 bits per heavy atom. The molecule has 0 N–H and O–H groups in total. The van der Waals surface area contributed by atoms with Crippen LogP contribution in [-0.4, -0.2) is 40.6 Å². The number of furan rings is 1. The molecule has 1 aliphatic heterocycles. The van der Waals surface area contributed by atoms with Gasteiger partial charge in [-0.2, -0.15) is 13.2 Å². The van der Waals surface area contributed by atoms with Crippen LogP contribution in [0.1, 0.15) is 29.5 Å². The third-order valence-electron chi connectivity index (χ3n) is 4.72. The lowest BCUT2D eigenvalue weighted by atomic mass is 9.94. The van der Waals surface area contributed by atoms with E-state index in [0.717, 1.165) is 5.76 Å². The number of ether oxygens (including phenoxy) is 1. The van der Waals surface area contributed by atoms with E-state index in [9.17, 15) is 18.0 Å². The number of carbonyl (C=O) groups excluding carboxylic acids is 1. The van der Waals surface area contributed by atoms with Crippen LogP contribution in [0.3, 0.4) is 0 Å². The summed E-state index contributed by atoms with van der Waals surface area (Å²) in [6, 6.07) is 3.64. The molecule has 1 amide bonds. The first-order chi connectivity index (χ1) is 12.8. The van der Waals surface area contributed by atoms with Gasteiger partial charge in [0.2, 0.25) is 11.7 Å². The number of alkyl halides is 3. The zero-order valence-corrected chi connectivity index (χ0v) is 15.3. The number of aryl methyl sites for hydroxylation is 1. The highest BCUT2D eigenvalue weighted by atomic mass is 19.4. The number of fused-ring (bicyclic) bond motifs is 1. The number of methoxy groups -OCH3 is 1. The summed E-state index contributed by atoms with van der Waals surface area (Å²) in [6.07, 6.45) is -2.69. The van der Waals surface area contributed by atoms with Crippen LogP contribution in [0.25, 0.3) is 0 Å². The molecule has 0 aromatic carbocycles. The van der Waals surface area contributed by atoms with Crippen LogP contribution in [0.2, 0.25) is 0 Å². The van der Waals surface area contributed by atoms with Crippen molar-refractivity contribution in [2.24, 2.45) is 5.92 Å². The van der Waals surface area contributed by atoms with Gasteiger partial charge in [-0.1, -0.05) is 0 Å². The molecule has 0 aliphatic carbocycles. The van der Waals surface area contributed by atoms with Gasteiger partial charge in [0, 0.05) is 44.4 Å². The summed E-state index contributed by atoms with van der Waals surface area (Å²) < 4.78 is 50.8. The molecule has 0 radical (unpaired) electrons. The fourth-order valence-electron chi connectivity index (χ4n) is 3.38. The normalized spacial score (nSPS) is 17.0. The molecule has 1 unspecified atom stereocenters. The maximum Gasteiger partial charge on any atom is 0.449 e. The molecule has 9 heteroatoms. The number of halogens is 3. The van der Waals surface area contributed by atoms with E-state index < -0.39 is 12.0 Å². The van der Waals surface area contributed by atoms with Crippen molar-refractivity contribution in [3.8, 4) is 0 Å². The molecular formula is C18H22F3N3O3. The molecule has 0 bridgehead atoms. The summed E-state index contributed by atoms with van der Waals surface area (Å²) in [5.41, 5.74) is 0.437. The summed E-state index contributed by atoms with van der Waals surface area (Å²) in [4.78, 5) is 18.2. The van der Waals surface area contributed by atoms with Gasteiger partial charge in [-0.15, -0.1) is 0 Å². The van der Waals surface area contributed by atoms with Crippen molar-refractivity contribution in [1.82, 2.24) is 14.5 Å². The van der Waals surface area contributed by atoms with Crippen LogP contribution in [0.15, 0.2) is 22.7 Å². The van der Waals surface area contributed by atoms with Gasteiger partial charge in [-0.3, -0.25) is 4.79 Å². The molecule has 0 spiro atoms. The van der Waals surface area contributed by atoms with Crippen molar-refractivity contribution >= 4 is 5.91 Å². The number of hydrogen-bond acceptors (Lipinski definition) is 4. The third kappa shape index (κ3) is 4.35. The summed E-state index contributed by atoms with van der Waals surface area (Å²) in [5, 5.41) is 0. The van der Waals surface area contributed by atoms with Gasteiger partial charge in [-0.05, 0) is 25.5 Å². The van der Waals surface area contributed by atoms with Crippen molar-refractivity contribution in [2.75, 3.05) is 20.3 Å². The number of rotatable bonds is 6. The number of hydrogen-bond donors (Lipinski definition) is 0. The maximum atomic E-state index is 13.0. The quantitative estimate of drug-likeness (QED) is 0.767. The Morgan fingerprint density at radius 2 is 2.22 bits per heavy atom. The SMILES string of the molecule is COCCN(Cc1ccc(C)o1)C(=O)C1CCn2c(cnc2C(F)(F)F)C1. The first-order valence-electron chi connectivity index (χ1n) is 8.74. The lowest BCUT2D eigenvalue weighted by molar-refractivity contribution is -0.147. The number of aromatic nitrogens is 2. The lowest BCUT2D eigenvalue weighted by Gasteiger charge is -2.30. The molecule has 2 aromatic rings. The van der Waals surface area contributed by atoms with E-state index in [1.807, 2.05) is 19.1 Å². The molecule has 3 rings (SSSR count). The van der Waals surface area contributed by atoms with Crippen molar-refractivity contribution in [1.29, 1.82) is 0 Å². The molecule has 6 nitrogen and oxygen atoms in total. The number of imidazole rings is 1. The highest BCUT2D eigenvalue weighted by molar-refractivity contribution is 5.79.